The summed E-state index contributed by atoms with van der Waals surface area (Å²) >= 11 is 1.66. The Morgan fingerprint density at radius 1 is 1.04 bits per heavy atom. The van der Waals surface area contributed by atoms with Gasteiger partial charge in [-0.2, -0.15) is 0 Å². The van der Waals surface area contributed by atoms with E-state index in [-0.39, 0.29) is 5.91 Å². The van der Waals surface area contributed by atoms with E-state index < -0.39 is 0 Å². The predicted octanol–water partition coefficient (Wildman–Crippen LogP) is 5.86. The number of ether oxygens (including phenoxy) is 1. The summed E-state index contributed by atoms with van der Waals surface area (Å²) in [7, 11) is 0. The number of nitrogens with one attached hydrogen (secondary N) is 1. The minimum absolute atomic E-state index is 0.151. The number of thiophene rings is 1. The summed E-state index contributed by atoms with van der Waals surface area (Å²) in [6.07, 6.45) is 4.37. The minimum Gasteiger partial charge on any atom is -0.494 e. The lowest BCUT2D eigenvalue weighted by atomic mass is 10.2. The van der Waals surface area contributed by atoms with Crippen LogP contribution in [0.3, 0.4) is 0 Å². The van der Waals surface area contributed by atoms with Crippen molar-refractivity contribution in [1.82, 2.24) is 0 Å². The van der Waals surface area contributed by atoms with Gasteiger partial charge in [-0.1, -0.05) is 37.3 Å². The highest BCUT2D eigenvalue weighted by Gasteiger charge is 2.02. The van der Waals surface area contributed by atoms with Gasteiger partial charge in [0.05, 0.1) is 6.61 Å². The molecule has 0 radical (unpaired) electrons. The second kappa shape index (κ2) is 9.02. The van der Waals surface area contributed by atoms with E-state index in [1.54, 1.807) is 17.4 Å². The largest absolute Gasteiger partial charge is 0.494 e. The first-order chi connectivity index (χ1) is 12.7. The monoisotopic (exact) mass is 363 g/mol. The molecule has 132 valence electrons. The Balaban J connectivity index is 1.57. The Bertz CT molecular complexity index is 867. The molecule has 3 nitrogen and oxygen atoms in total. The molecule has 0 aliphatic rings. The molecule has 0 unspecified atom stereocenters. The van der Waals surface area contributed by atoms with Crippen molar-refractivity contribution in [2.24, 2.45) is 0 Å². The topological polar surface area (TPSA) is 38.3 Å². The van der Waals surface area contributed by atoms with Crippen LogP contribution < -0.4 is 10.1 Å². The van der Waals surface area contributed by atoms with Crippen LogP contribution in [0.15, 0.2) is 72.8 Å². The van der Waals surface area contributed by atoms with Crippen molar-refractivity contribution in [1.29, 1.82) is 0 Å². The highest BCUT2D eigenvalue weighted by molar-refractivity contribution is 7.16. The van der Waals surface area contributed by atoms with Crippen LogP contribution in [0.4, 0.5) is 5.69 Å². The van der Waals surface area contributed by atoms with Gasteiger partial charge >= 0.3 is 0 Å². The molecule has 0 saturated carbocycles. The molecule has 0 spiro atoms. The zero-order valence-electron chi connectivity index (χ0n) is 14.6. The van der Waals surface area contributed by atoms with E-state index in [1.807, 2.05) is 54.6 Å². The van der Waals surface area contributed by atoms with Gasteiger partial charge in [-0.25, -0.2) is 0 Å². The molecule has 3 rings (SSSR count). The van der Waals surface area contributed by atoms with Crippen LogP contribution in [-0.2, 0) is 4.79 Å². The molecule has 2 aromatic carbocycles. The SMILES string of the molecule is CCCOc1ccc(NC(=O)/C=C/c2ccc(-c3ccccc3)s2)cc1. The van der Waals surface area contributed by atoms with E-state index in [4.69, 9.17) is 4.74 Å². The zero-order chi connectivity index (χ0) is 18.2. The van der Waals surface area contributed by atoms with E-state index in [2.05, 4.69) is 30.4 Å². The van der Waals surface area contributed by atoms with Crippen molar-refractivity contribution >= 4 is 29.0 Å². The van der Waals surface area contributed by atoms with Gasteiger partial charge in [0, 0.05) is 21.5 Å². The van der Waals surface area contributed by atoms with E-state index >= 15 is 0 Å². The Morgan fingerprint density at radius 2 is 1.81 bits per heavy atom. The number of carbonyl (C=O) groups excluding carboxylic acids is 1. The fraction of sp³-hybridized carbons (Fsp3) is 0.136. The highest BCUT2D eigenvalue weighted by atomic mass is 32.1. The van der Waals surface area contributed by atoms with Gasteiger partial charge in [-0.3, -0.25) is 4.79 Å². The first-order valence-corrected chi connectivity index (χ1v) is 9.43. The molecule has 3 aromatic rings. The van der Waals surface area contributed by atoms with Crippen LogP contribution in [0.2, 0.25) is 0 Å². The van der Waals surface area contributed by atoms with Crippen molar-refractivity contribution in [2.75, 3.05) is 11.9 Å². The highest BCUT2D eigenvalue weighted by Crippen LogP contribution is 2.28. The van der Waals surface area contributed by atoms with Gasteiger partial charge < -0.3 is 10.1 Å². The van der Waals surface area contributed by atoms with Crippen molar-refractivity contribution in [3.05, 3.63) is 77.7 Å². The average molecular weight is 363 g/mol. The summed E-state index contributed by atoms with van der Waals surface area (Å²) in [5.74, 6) is 0.661. The Hall–Kier alpha value is -2.85. The normalized spacial score (nSPS) is 10.8. The third-order valence-electron chi connectivity index (χ3n) is 3.68. The van der Waals surface area contributed by atoms with Gasteiger partial charge in [0.25, 0.3) is 0 Å². The molecule has 4 heteroatoms. The smallest absolute Gasteiger partial charge is 0.248 e. The molecular weight excluding hydrogens is 342 g/mol. The number of anilines is 1. The first kappa shape index (κ1) is 18.0. The summed E-state index contributed by atoms with van der Waals surface area (Å²) in [4.78, 5) is 14.3. The Kier molecular flexibility index (Phi) is 6.23. The molecule has 0 aliphatic heterocycles. The van der Waals surface area contributed by atoms with Gasteiger partial charge in [0.1, 0.15) is 5.75 Å². The van der Waals surface area contributed by atoms with Crippen LogP contribution in [0.25, 0.3) is 16.5 Å². The zero-order valence-corrected chi connectivity index (χ0v) is 15.5. The molecule has 0 fully saturated rings. The van der Waals surface area contributed by atoms with Crippen molar-refractivity contribution in [2.45, 2.75) is 13.3 Å². The van der Waals surface area contributed by atoms with E-state index in [0.29, 0.717) is 6.61 Å². The van der Waals surface area contributed by atoms with Crippen LogP contribution in [-0.4, -0.2) is 12.5 Å². The van der Waals surface area contributed by atoms with Gasteiger partial charge in [0.2, 0.25) is 5.91 Å². The lowest BCUT2D eigenvalue weighted by molar-refractivity contribution is -0.111. The van der Waals surface area contributed by atoms with Crippen molar-refractivity contribution < 1.29 is 9.53 Å². The lowest BCUT2D eigenvalue weighted by Crippen LogP contribution is -2.07. The molecule has 26 heavy (non-hydrogen) atoms. The van der Waals surface area contributed by atoms with E-state index in [0.717, 1.165) is 22.7 Å². The molecule has 1 amide bonds. The maximum Gasteiger partial charge on any atom is 0.248 e. The van der Waals surface area contributed by atoms with Crippen LogP contribution in [0, 0.1) is 0 Å². The van der Waals surface area contributed by atoms with Crippen LogP contribution >= 0.6 is 11.3 Å². The summed E-state index contributed by atoms with van der Waals surface area (Å²) in [6.45, 7) is 2.76. The number of rotatable bonds is 7. The van der Waals surface area contributed by atoms with Crippen LogP contribution in [0.5, 0.6) is 5.75 Å². The second-order valence-corrected chi connectivity index (χ2v) is 6.88. The quantitative estimate of drug-likeness (QED) is 0.534. The molecular formula is C22H21NO2S. The third kappa shape index (κ3) is 5.07. The summed E-state index contributed by atoms with van der Waals surface area (Å²) in [5, 5.41) is 2.86. The summed E-state index contributed by atoms with van der Waals surface area (Å²) in [5.41, 5.74) is 1.94. The molecule has 1 heterocycles. The number of hydrogen-bond acceptors (Lipinski definition) is 3. The molecule has 0 atom stereocenters. The van der Waals surface area contributed by atoms with Gasteiger partial charge in [-0.05, 0) is 54.5 Å². The second-order valence-electron chi connectivity index (χ2n) is 5.76. The summed E-state index contributed by atoms with van der Waals surface area (Å²) in [6, 6.07) is 21.7. The maximum absolute atomic E-state index is 12.1. The van der Waals surface area contributed by atoms with Gasteiger partial charge in [-0.15, -0.1) is 11.3 Å². The summed E-state index contributed by atoms with van der Waals surface area (Å²) < 4.78 is 5.53. The lowest BCUT2D eigenvalue weighted by Gasteiger charge is -2.06. The average Bonchev–Trinajstić information content (AvgIpc) is 3.16. The molecule has 0 bridgehead atoms. The fourth-order valence-electron chi connectivity index (χ4n) is 2.40. The number of benzene rings is 2. The maximum atomic E-state index is 12.1. The first-order valence-electron chi connectivity index (χ1n) is 8.62. The third-order valence-corrected chi connectivity index (χ3v) is 4.78. The molecule has 1 aromatic heterocycles. The standard InChI is InChI=1S/C22H21NO2S/c1-2-16-25-19-10-8-18(9-11-19)23-22(24)15-13-20-12-14-21(26-20)17-6-4-3-5-7-17/h3-15H,2,16H2,1H3,(H,23,24)/b15-13+. The Morgan fingerprint density at radius 3 is 2.54 bits per heavy atom. The molecule has 0 aliphatic carbocycles. The number of amides is 1. The fourth-order valence-corrected chi connectivity index (χ4v) is 3.31. The van der Waals surface area contributed by atoms with Crippen molar-refractivity contribution in [3.63, 3.8) is 0 Å². The van der Waals surface area contributed by atoms with Crippen LogP contribution in [0.1, 0.15) is 18.2 Å². The number of carbonyl (C=O) groups is 1. The van der Waals surface area contributed by atoms with E-state index in [9.17, 15) is 4.79 Å². The minimum atomic E-state index is -0.151. The van der Waals surface area contributed by atoms with Gasteiger partial charge in [0.15, 0.2) is 0 Å². The number of hydrogen-bond donors (Lipinski definition) is 1. The van der Waals surface area contributed by atoms with E-state index in [1.165, 1.54) is 10.4 Å². The molecule has 1 N–H and O–H groups in total. The predicted molar refractivity (Wildman–Crippen MR) is 110 cm³/mol. The van der Waals surface area contributed by atoms with Crippen molar-refractivity contribution in [3.8, 4) is 16.2 Å². The Labute approximate surface area is 158 Å². The molecule has 0 saturated heterocycles.